The summed E-state index contributed by atoms with van der Waals surface area (Å²) >= 11 is 0. The van der Waals surface area contributed by atoms with Crippen molar-refractivity contribution in [2.75, 3.05) is 20.2 Å². The monoisotopic (exact) mass is 414 g/mol. The first-order chi connectivity index (χ1) is 14.4. The molecule has 9 nitrogen and oxygen atoms in total. The molecule has 4 amide bonds. The number of carbonyl (C=O) groups excluding carboxylic acids is 4. The second-order valence-electron chi connectivity index (χ2n) is 8.07. The average Bonchev–Trinajstić information content (AvgIpc) is 2.98. The van der Waals surface area contributed by atoms with E-state index in [1.165, 1.54) is 0 Å². The number of piperidine rings is 2. The van der Waals surface area contributed by atoms with Gasteiger partial charge in [0.25, 0.3) is 11.8 Å². The number of nitrogens with zero attached hydrogens (tertiary/aromatic N) is 2. The number of fused-ring (bicyclic) bond motifs is 1. The molecule has 3 N–H and O–H groups in total. The van der Waals surface area contributed by atoms with E-state index in [0.717, 1.165) is 29.8 Å². The lowest BCUT2D eigenvalue weighted by Crippen LogP contribution is -2.54. The van der Waals surface area contributed by atoms with Gasteiger partial charge in [-0.25, -0.2) is 0 Å². The number of rotatable bonds is 5. The van der Waals surface area contributed by atoms with Crippen LogP contribution in [0.1, 0.15) is 52.0 Å². The van der Waals surface area contributed by atoms with Crippen molar-refractivity contribution < 1.29 is 23.9 Å². The lowest BCUT2D eigenvalue weighted by atomic mass is 9.97. The molecule has 1 aromatic rings. The normalized spacial score (nSPS) is 27.4. The van der Waals surface area contributed by atoms with Crippen LogP contribution >= 0.6 is 0 Å². The maximum atomic E-state index is 13.0. The lowest BCUT2D eigenvalue weighted by Gasteiger charge is -2.38. The molecule has 3 unspecified atom stereocenters. The smallest absolute Gasteiger partial charge is 0.262 e. The summed E-state index contributed by atoms with van der Waals surface area (Å²) in [4.78, 5) is 52.6. The van der Waals surface area contributed by atoms with Crippen molar-refractivity contribution in [3.63, 3.8) is 0 Å². The van der Waals surface area contributed by atoms with E-state index in [1.54, 1.807) is 19.2 Å². The number of benzene rings is 1. The average molecular weight is 414 g/mol. The Labute approximate surface area is 174 Å². The quantitative estimate of drug-likeness (QED) is 0.652. The molecule has 30 heavy (non-hydrogen) atoms. The highest BCUT2D eigenvalue weighted by Crippen LogP contribution is 2.29. The molecule has 0 saturated carbocycles. The number of likely N-dealkylation sites (tertiary alicyclic amines) is 1. The van der Waals surface area contributed by atoms with E-state index in [0.29, 0.717) is 24.2 Å². The van der Waals surface area contributed by atoms with Gasteiger partial charge in [0.05, 0.1) is 17.2 Å². The molecule has 3 heterocycles. The zero-order valence-electron chi connectivity index (χ0n) is 16.9. The van der Waals surface area contributed by atoms with Gasteiger partial charge in [-0.2, -0.15) is 0 Å². The number of imide groups is 2. The van der Waals surface area contributed by atoms with E-state index in [9.17, 15) is 19.2 Å². The Morgan fingerprint density at radius 3 is 2.60 bits per heavy atom. The van der Waals surface area contributed by atoms with Crippen LogP contribution in [0.5, 0.6) is 0 Å². The number of nitrogens with two attached hydrogens (primary N) is 1. The van der Waals surface area contributed by atoms with Gasteiger partial charge in [-0.1, -0.05) is 6.07 Å². The van der Waals surface area contributed by atoms with Crippen LogP contribution in [0.15, 0.2) is 18.2 Å². The first-order valence-electron chi connectivity index (χ1n) is 10.2. The summed E-state index contributed by atoms with van der Waals surface area (Å²) in [6.45, 7) is 1.98. The van der Waals surface area contributed by atoms with Crippen molar-refractivity contribution in [1.82, 2.24) is 15.1 Å². The van der Waals surface area contributed by atoms with Crippen LogP contribution in [0, 0.1) is 0 Å². The predicted octanol–water partition coefficient (Wildman–Crippen LogP) is 0.0259. The first kappa shape index (κ1) is 20.6. The van der Waals surface area contributed by atoms with Gasteiger partial charge in [0.2, 0.25) is 11.8 Å². The van der Waals surface area contributed by atoms with E-state index in [1.807, 2.05) is 6.07 Å². The largest absolute Gasteiger partial charge is 0.381 e. The van der Waals surface area contributed by atoms with Gasteiger partial charge in [0, 0.05) is 39.2 Å². The number of nitrogens with one attached hydrogen (secondary N) is 1. The van der Waals surface area contributed by atoms with Crippen LogP contribution in [0.25, 0.3) is 0 Å². The first-order valence-corrected chi connectivity index (χ1v) is 10.2. The Hall–Kier alpha value is -2.62. The van der Waals surface area contributed by atoms with E-state index < -0.39 is 23.8 Å². The van der Waals surface area contributed by atoms with Gasteiger partial charge in [-0.3, -0.25) is 34.3 Å². The summed E-state index contributed by atoms with van der Waals surface area (Å²) in [5.41, 5.74) is 7.46. The minimum absolute atomic E-state index is 0.104. The molecule has 0 aromatic heterocycles. The van der Waals surface area contributed by atoms with Crippen molar-refractivity contribution in [3.8, 4) is 0 Å². The molecule has 0 spiro atoms. The molecule has 3 aliphatic heterocycles. The standard InChI is InChI=1S/C21H26N4O5/c1-30-14-6-7-24(13(9-14)10-22)11-12-2-3-15-16(8-12)21(29)25(20(15)28)17-4-5-18(26)23-19(17)27/h2-3,8,13-14,17H,4-7,9-11,22H2,1H3,(H,23,26,27). The number of amides is 4. The van der Waals surface area contributed by atoms with Crippen LogP contribution in [-0.4, -0.2) is 71.8 Å². The molecule has 3 aliphatic rings. The maximum Gasteiger partial charge on any atom is 0.262 e. The minimum atomic E-state index is -0.951. The lowest BCUT2D eigenvalue weighted by molar-refractivity contribution is -0.136. The number of methoxy groups -OCH3 is 1. The summed E-state index contributed by atoms with van der Waals surface area (Å²) in [7, 11) is 1.71. The molecular weight excluding hydrogens is 388 g/mol. The molecule has 0 aliphatic carbocycles. The fourth-order valence-electron chi connectivity index (χ4n) is 4.58. The number of hydrogen-bond acceptors (Lipinski definition) is 7. The Balaban J connectivity index is 1.52. The van der Waals surface area contributed by atoms with Gasteiger partial charge in [0.1, 0.15) is 6.04 Å². The number of ether oxygens (including phenoxy) is 1. The summed E-state index contributed by atoms with van der Waals surface area (Å²) in [6, 6.07) is 4.46. The second kappa shape index (κ2) is 8.25. The molecular formula is C21H26N4O5. The van der Waals surface area contributed by atoms with Crippen LogP contribution in [0.3, 0.4) is 0 Å². The van der Waals surface area contributed by atoms with Gasteiger partial charge in [-0.05, 0) is 37.0 Å². The highest BCUT2D eigenvalue weighted by atomic mass is 16.5. The number of hydrogen-bond donors (Lipinski definition) is 2. The molecule has 0 radical (unpaired) electrons. The fraction of sp³-hybridized carbons (Fsp3) is 0.524. The zero-order valence-corrected chi connectivity index (χ0v) is 16.9. The molecule has 4 rings (SSSR count). The van der Waals surface area contributed by atoms with E-state index in [4.69, 9.17) is 10.5 Å². The van der Waals surface area contributed by atoms with Crippen molar-refractivity contribution in [2.24, 2.45) is 5.73 Å². The van der Waals surface area contributed by atoms with E-state index >= 15 is 0 Å². The molecule has 160 valence electrons. The van der Waals surface area contributed by atoms with Crippen molar-refractivity contribution in [1.29, 1.82) is 0 Å². The molecule has 0 bridgehead atoms. The second-order valence-corrected chi connectivity index (χ2v) is 8.07. The molecule has 9 heteroatoms. The van der Waals surface area contributed by atoms with Crippen molar-refractivity contribution >= 4 is 23.6 Å². The fourth-order valence-corrected chi connectivity index (χ4v) is 4.58. The minimum Gasteiger partial charge on any atom is -0.381 e. The molecule has 3 atom stereocenters. The van der Waals surface area contributed by atoms with Crippen molar-refractivity contribution in [2.45, 2.75) is 50.4 Å². The topological polar surface area (TPSA) is 122 Å². The summed E-state index contributed by atoms with van der Waals surface area (Å²) in [5.74, 6) is -1.97. The predicted molar refractivity (Wildman–Crippen MR) is 106 cm³/mol. The Kier molecular flexibility index (Phi) is 5.68. The zero-order chi connectivity index (χ0) is 21.4. The molecule has 2 saturated heterocycles. The Bertz CT molecular complexity index is 901. The van der Waals surface area contributed by atoms with Crippen molar-refractivity contribution in [3.05, 3.63) is 34.9 Å². The van der Waals surface area contributed by atoms with Crippen LogP contribution in [0.2, 0.25) is 0 Å². The third-order valence-corrected chi connectivity index (χ3v) is 6.28. The van der Waals surface area contributed by atoms with Gasteiger partial charge >= 0.3 is 0 Å². The Morgan fingerprint density at radius 1 is 1.13 bits per heavy atom. The van der Waals surface area contributed by atoms with Crippen LogP contribution in [0.4, 0.5) is 0 Å². The number of carbonyl (C=O) groups is 4. The maximum absolute atomic E-state index is 13.0. The Morgan fingerprint density at radius 2 is 1.90 bits per heavy atom. The summed E-state index contributed by atoms with van der Waals surface area (Å²) in [6.07, 6.45) is 2.23. The van der Waals surface area contributed by atoms with Gasteiger partial charge in [-0.15, -0.1) is 0 Å². The third-order valence-electron chi connectivity index (χ3n) is 6.28. The van der Waals surface area contributed by atoms with Crippen LogP contribution < -0.4 is 11.1 Å². The SMILES string of the molecule is COC1CCN(Cc2ccc3c(c2)C(=O)N(C2CCC(=O)NC2=O)C3=O)C(CN)C1. The summed E-state index contributed by atoms with van der Waals surface area (Å²) in [5, 5.41) is 2.21. The highest BCUT2D eigenvalue weighted by molar-refractivity contribution is 6.23. The summed E-state index contributed by atoms with van der Waals surface area (Å²) < 4.78 is 5.47. The molecule has 2 fully saturated rings. The third kappa shape index (κ3) is 3.64. The van der Waals surface area contributed by atoms with E-state index in [-0.39, 0.29) is 30.9 Å². The van der Waals surface area contributed by atoms with Crippen LogP contribution in [-0.2, 0) is 20.9 Å². The highest BCUT2D eigenvalue weighted by Gasteiger charge is 2.44. The van der Waals surface area contributed by atoms with E-state index in [2.05, 4.69) is 10.2 Å². The molecule has 1 aromatic carbocycles. The van der Waals surface area contributed by atoms with Gasteiger partial charge < -0.3 is 10.5 Å². The van der Waals surface area contributed by atoms with Gasteiger partial charge in [0.15, 0.2) is 0 Å².